The van der Waals surface area contributed by atoms with Gasteiger partial charge in [-0.2, -0.15) is 5.09 Å². The number of nitrogens with one attached hydrogen (secondary N) is 2. The van der Waals surface area contributed by atoms with Crippen LogP contribution in [0.1, 0.15) is 19.6 Å². The smallest absolute Gasteiger partial charge is 0.451 e. The van der Waals surface area contributed by atoms with E-state index in [4.69, 9.17) is 24.9 Å². The topological polar surface area (TPSA) is 158 Å². The van der Waals surface area contributed by atoms with Gasteiger partial charge in [0.15, 0.2) is 6.61 Å². The monoisotopic (exact) mass is 493 g/mol. The fourth-order valence-corrected chi connectivity index (χ4v) is 4.60. The Bertz CT molecular complexity index is 1190. The van der Waals surface area contributed by atoms with Gasteiger partial charge < -0.3 is 19.1 Å². The Kier molecular flexibility index (Phi) is 8.44. The minimum absolute atomic E-state index is 0.0199. The average molecular weight is 493 g/mol. The summed E-state index contributed by atoms with van der Waals surface area (Å²) < 4.78 is 36.1. The number of benzene rings is 1. The van der Waals surface area contributed by atoms with Crippen LogP contribution in [0.25, 0.3) is 0 Å². The zero-order chi connectivity index (χ0) is 24.7. The molecule has 0 unspecified atom stereocenters. The van der Waals surface area contributed by atoms with Crippen molar-refractivity contribution in [3.8, 4) is 18.1 Å². The lowest BCUT2D eigenvalue weighted by Crippen LogP contribution is -2.36. The van der Waals surface area contributed by atoms with E-state index in [2.05, 4.69) is 16.0 Å². The predicted octanol–water partition coefficient (Wildman–Crippen LogP) is 0.543. The van der Waals surface area contributed by atoms with E-state index in [-0.39, 0.29) is 18.8 Å². The summed E-state index contributed by atoms with van der Waals surface area (Å²) in [6.07, 6.45) is 3.40. The number of hydrogen-bond donors (Lipinski definition) is 3. The van der Waals surface area contributed by atoms with Crippen molar-refractivity contribution in [3.05, 3.63) is 63.4 Å². The molecule has 1 aliphatic heterocycles. The highest BCUT2D eigenvalue weighted by molar-refractivity contribution is 7.52. The van der Waals surface area contributed by atoms with Crippen molar-refractivity contribution in [3.63, 3.8) is 0 Å². The first-order chi connectivity index (χ1) is 16.2. The Morgan fingerprint density at radius 2 is 2.12 bits per heavy atom. The SMILES string of the molecule is C#CCOC(=O)[C@H](C)N[P@](=O)(OC[C@H]1O[C@@H](n2ccc(=O)[nH]c2=O)C[C@@H]1O)Oc1ccccc1. The van der Waals surface area contributed by atoms with Crippen molar-refractivity contribution < 1.29 is 33.0 Å². The zero-order valence-electron chi connectivity index (χ0n) is 18.2. The molecule has 1 aliphatic rings. The number of aromatic amines is 1. The molecule has 1 saturated heterocycles. The highest BCUT2D eigenvalue weighted by Gasteiger charge is 2.39. The molecule has 0 aliphatic carbocycles. The third-order valence-electron chi connectivity index (χ3n) is 4.75. The van der Waals surface area contributed by atoms with Gasteiger partial charge in [-0.1, -0.05) is 24.1 Å². The number of esters is 1. The Morgan fingerprint density at radius 1 is 1.38 bits per heavy atom. The summed E-state index contributed by atoms with van der Waals surface area (Å²) in [7, 11) is -4.18. The Hall–Kier alpha value is -3.20. The number of terminal acetylenes is 1. The molecule has 182 valence electrons. The van der Waals surface area contributed by atoms with Crippen molar-refractivity contribution in [1.82, 2.24) is 14.6 Å². The van der Waals surface area contributed by atoms with E-state index in [1.54, 1.807) is 30.3 Å². The van der Waals surface area contributed by atoms with Gasteiger partial charge in [0.05, 0.1) is 12.7 Å². The van der Waals surface area contributed by atoms with Gasteiger partial charge >= 0.3 is 19.4 Å². The van der Waals surface area contributed by atoms with E-state index in [9.17, 15) is 24.1 Å². The maximum absolute atomic E-state index is 13.4. The lowest BCUT2D eigenvalue weighted by Gasteiger charge is -2.24. The summed E-state index contributed by atoms with van der Waals surface area (Å²) in [6, 6.07) is 8.16. The van der Waals surface area contributed by atoms with Crippen molar-refractivity contribution in [1.29, 1.82) is 0 Å². The van der Waals surface area contributed by atoms with Crippen LogP contribution in [0, 0.1) is 12.3 Å². The molecule has 0 radical (unpaired) electrons. The molecular weight excluding hydrogens is 469 g/mol. The maximum atomic E-state index is 13.4. The van der Waals surface area contributed by atoms with Crippen LogP contribution in [0.5, 0.6) is 5.75 Å². The van der Waals surface area contributed by atoms with E-state index in [0.717, 1.165) is 10.6 Å². The predicted molar refractivity (Wildman–Crippen MR) is 119 cm³/mol. The van der Waals surface area contributed by atoms with Crippen LogP contribution in [0.3, 0.4) is 0 Å². The van der Waals surface area contributed by atoms with Crippen LogP contribution in [0.2, 0.25) is 0 Å². The standard InChI is InChI=1S/C21H24N3O9P/c1-3-11-30-20(27)14(2)23-34(29,33-15-7-5-4-6-8-15)31-13-17-16(25)12-19(32-17)24-10-9-18(26)22-21(24)28/h1,4-10,14,16-17,19,25H,11-13H2,2H3,(H,23,29)(H,22,26,28)/t14-,16-,17+,19+,34-/m0/s1. The molecule has 2 heterocycles. The van der Waals surface area contributed by atoms with E-state index < -0.39 is 56.0 Å². The first-order valence-corrected chi connectivity index (χ1v) is 11.8. The molecule has 3 rings (SSSR count). The number of ether oxygens (including phenoxy) is 2. The lowest BCUT2D eigenvalue weighted by atomic mass is 10.2. The third kappa shape index (κ3) is 6.66. The first kappa shape index (κ1) is 25.4. The fourth-order valence-electron chi connectivity index (χ4n) is 3.10. The fraction of sp³-hybridized carbons (Fsp3) is 0.381. The van der Waals surface area contributed by atoms with Gasteiger partial charge in [-0.15, -0.1) is 6.42 Å². The second kappa shape index (κ2) is 11.3. The molecule has 1 fully saturated rings. The molecule has 2 aromatic rings. The molecule has 1 aromatic carbocycles. The summed E-state index contributed by atoms with van der Waals surface area (Å²) in [5.41, 5.74) is -1.27. The van der Waals surface area contributed by atoms with Crippen LogP contribution in [-0.2, 0) is 23.4 Å². The van der Waals surface area contributed by atoms with Crippen LogP contribution >= 0.6 is 7.75 Å². The van der Waals surface area contributed by atoms with Gasteiger partial charge in [-0.05, 0) is 19.1 Å². The van der Waals surface area contributed by atoms with Crippen LogP contribution < -0.4 is 20.9 Å². The van der Waals surface area contributed by atoms with E-state index >= 15 is 0 Å². The molecule has 5 atom stereocenters. The van der Waals surface area contributed by atoms with Gasteiger partial charge in [-0.25, -0.2) is 9.36 Å². The number of aliphatic hydroxyl groups is 1. The minimum Gasteiger partial charge on any atom is -0.451 e. The quantitative estimate of drug-likeness (QED) is 0.242. The molecule has 13 heteroatoms. The average Bonchev–Trinajstić information content (AvgIpc) is 3.16. The Morgan fingerprint density at radius 3 is 2.79 bits per heavy atom. The largest absolute Gasteiger partial charge is 0.459 e. The first-order valence-electron chi connectivity index (χ1n) is 10.2. The number of aromatic nitrogens is 2. The molecular formula is C21H24N3O9P. The number of carbonyl (C=O) groups excluding carboxylic acids is 1. The molecule has 0 amide bonds. The molecule has 3 N–H and O–H groups in total. The number of H-pyrrole nitrogens is 1. The second-order valence-electron chi connectivity index (χ2n) is 7.31. The van der Waals surface area contributed by atoms with Gasteiger partial charge in [0.2, 0.25) is 0 Å². The van der Waals surface area contributed by atoms with Crippen molar-refractivity contribution in [2.75, 3.05) is 13.2 Å². The normalized spacial score (nSPS) is 22.3. The van der Waals surface area contributed by atoms with Gasteiger partial charge in [0, 0.05) is 18.7 Å². The van der Waals surface area contributed by atoms with Crippen molar-refractivity contribution >= 4 is 13.7 Å². The highest BCUT2D eigenvalue weighted by atomic mass is 31.2. The number of hydrogen-bond acceptors (Lipinski definition) is 9. The van der Waals surface area contributed by atoms with E-state index in [0.29, 0.717) is 0 Å². The van der Waals surface area contributed by atoms with Crippen LogP contribution in [0.15, 0.2) is 52.2 Å². The molecule has 0 spiro atoms. The van der Waals surface area contributed by atoms with Crippen molar-refractivity contribution in [2.24, 2.45) is 0 Å². The summed E-state index contributed by atoms with van der Waals surface area (Å²) in [6.45, 7) is 0.727. The summed E-state index contributed by atoms with van der Waals surface area (Å²) in [5.74, 6) is 1.59. The number of nitrogens with zero attached hydrogens (tertiary/aromatic N) is 1. The van der Waals surface area contributed by atoms with Crippen LogP contribution in [-0.4, -0.2) is 52.1 Å². The number of para-hydroxylation sites is 1. The second-order valence-corrected chi connectivity index (χ2v) is 9.00. The van der Waals surface area contributed by atoms with E-state index in [1.807, 2.05) is 0 Å². The number of carbonyl (C=O) groups is 1. The highest BCUT2D eigenvalue weighted by Crippen LogP contribution is 2.45. The Labute approximate surface area is 194 Å². The van der Waals surface area contributed by atoms with Crippen LogP contribution in [0.4, 0.5) is 0 Å². The van der Waals surface area contributed by atoms with E-state index in [1.165, 1.54) is 13.1 Å². The maximum Gasteiger partial charge on any atom is 0.459 e. The zero-order valence-corrected chi connectivity index (χ0v) is 19.1. The molecule has 1 aromatic heterocycles. The number of rotatable bonds is 10. The molecule has 0 bridgehead atoms. The van der Waals surface area contributed by atoms with Gasteiger partial charge in [0.1, 0.15) is 24.1 Å². The minimum atomic E-state index is -4.18. The lowest BCUT2D eigenvalue weighted by molar-refractivity contribution is -0.143. The summed E-state index contributed by atoms with van der Waals surface area (Å²) in [4.78, 5) is 37.4. The summed E-state index contributed by atoms with van der Waals surface area (Å²) in [5, 5.41) is 12.9. The van der Waals surface area contributed by atoms with Crippen molar-refractivity contribution in [2.45, 2.75) is 37.8 Å². The van der Waals surface area contributed by atoms with Gasteiger partial charge in [0.25, 0.3) is 5.56 Å². The molecule has 34 heavy (non-hydrogen) atoms. The molecule has 0 saturated carbocycles. The number of aliphatic hydroxyl groups excluding tert-OH is 1. The third-order valence-corrected chi connectivity index (χ3v) is 6.39. The molecule has 12 nitrogen and oxygen atoms in total. The summed E-state index contributed by atoms with van der Waals surface area (Å²) >= 11 is 0. The van der Waals surface area contributed by atoms with Gasteiger partial charge in [-0.3, -0.25) is 23.7 Å². The Balaban J connectivity index is 1.71.